The standard InChI is InChI=1S/C11H8ClFN4O/c12-6-2-1-3-7(10(6)13)17-11(18)8-4-16-9(14)5-15-8/h1-5H,(H2,14,16)(H,17,18). The molecule has 1 aromatic carbocycles. The van der Waals surface area contributed by atoms with Gasteiger partial charge in [-0.25, -0.2) is 14.4 Å². The minimum atomic E-state index is -0.698. The van der Waals surface area contributed by atoms with Crippen molar-refractivity contribution in [1.82, 2.24) is 9.97 Å². The van der Waals surface area contributed by atoms with Gasteiger partial charge < -0.3 is 11.1 Å². The molecule has 5 nitrogen and oxygen atoms in total. The maximum absolute atomic E-state index is 13.5. The van der Waals surface area contributed by atoms with E-state index in [0.717, 1.165) is 0 Å². The van der Waals surface area contributed by atoms with Crippen LogP contribution in [-0.4, -0.2) is 15.9 Å². The van der Waals surface area contributed by atoms with Crippen LogP contribution >= 0.6 is 11.6 Å². The van der Waals surface area contributed by atoms with Gasteiger partial charge in [-0.1, -0.05) is 17.7 Å². The molecule has 0 saturated carbocycles. The molecule has 2 rings (SSSR count). The van der Waals surface area contributed by atoms with Crippen LogP contribution in [0, 0.1) is 5.82 Å². The first-order chi connectivity index (χ1) is 8.58. The number of carbonyl (C=O) groups excluding carboxylic acids is 1. The maximum atomic E-state index is 13.5. The molecule has 0 aliphatic carbocycles. The molecule has 0 aliphatic heterocycles. The number of rotatable bonds is 2. The van der Waals surface area contributed by atoms with Gasteiger partial charge >= 0.3 is 0 Å². The first-order valence-corrected chi connectivity index (χ1v) is 5.28. The topological polar surface area (TPSA) is 80.9 Å². The van der Waals surface area contributed by atoms with E-state index in [0.29, 0.717) is 0 Å². The minimum Gasteiger partial charge on any atom is -0.382 e. The zero-order chi connectivity index (χ0) is 13.1. The number of anilines is 2. The summed E-state index contributed by atoms with van der Waals surface area (Å²) in [5.74, 6) is -1.10. The fourth-order valence-corrected chi connectivity index (χ4v) is 1.42. The first kappa shape index (κ1) is 12.3. The molecule has 0 spiro atoms. The van der Waals surface area contributed by atoms with Crippen molar-refractivity contribution < 1.29 is 9.18 Å². The summed E-state index contributed by atoms with van der Waals surface area (Å²) >= 11 is 5.59. The van der Waals surface area contributed by atoms with E-state index in [1.807, 2.05) is 0 Å². The molecule has 0 fully saturated rings. The smallest absolute Gasteiger partial charge is 0.275 e. The largest absolute Gasteiger partial charge is 0.382 e. The Bertz CT molecular complexity index is 588. The number of hydrogen-bond donors (Lipinski definition) is 2. The van der Waals surface area contributed by atoms with Crippen molar-refractivity contribution in [1.29, 1.82) is 0 Å². The zero-order valence-corrected chi connectivity index (χ0v) is 9.78. The lowest BCUT2D eigenvalue weighted by atomic mass is 10.3. The zero-order valence-electron chi connectivity index (χ0n) is 9.02. The molecule has 92 valence electrons. The van der Waals surface area contributed by atoms with Crippen molar-refractivity contribution in [3.05, 3.63) is 47.1 Å². The van der Waals surface area contributed by atoms with E-state index >= 15 is 0 Å². The summed E-state index contributed by atoms with van der Waals surface area (Å²) < 4.78 is 13.5. The number of nitrogen functional groups attached to an aromatic ring is 1. The Morgan fingerprint density at radius 2 is 2.11 bits per heavy atom. The second-order valence-electron chi connectivity index (χ2n) is 3.38. The Hall–Kier alpha value is -2.21. The molecule has 0 bridgehead atoms. The van der Waals surface area contributed by atoms with Crippen LogP contribution in [0.1, 0.15) is 10.5 Å². The highest BCUT2D eigenvalue weighted by Crippen LogP contribution is 2.22. The Morgan fingerprint density at radius 1 is 1.33 bits per heavy atom. The summed E-state index contributed by atoms with van der Waals surface area (Å²) in [6.07, 6.45) is 2.44. The van der Waals surface area contributed by atoms with Gasteiger partial charge in [0, 0.05) is 0 Å². The number of hydrogen-bond acceptors (Lipinski definition) is 4. The number of nitrogens with two attached hydrogens (primary N) is 1. The Balaban J connectivity index is 2.21. The molecule has 0 aliphatic rings. The van der Waals surface area contributed by atoms with E-state index in [2.05, 4.69) is 15.3 Å². The van der Waals surface area contributed by atoms with Crippen molar-refractivity contribution in [2.24, 2.45) is 0 Å². The number of aromatic nitrogens is 2. The number of halogens is 2. The molecular formula is C11H8ClFN4O. The van der Waals surface area contributed by atoms with Crippen LogP contribution in [0.5, 0.6) is 0 Å². The number of benzene rings is 1. The lowest BCUT2D eigenvalue weighted by Crippen LogP contribution is -2.15. The molecule has 2 aromatic rings. The van der Waals surface area contributed by atoms with Gasteiger partial charge in [-0.2, -0.15) is 0 Å². The molecule has 0 atom stereocenters. The van der Waals surface area contributed by atoms with Gasteiger partial charge in [-0.05, 0) is 12.1 Å². The summed E-state index contributed by atoms with van der Waals surface area (Å²) in [5.41, 5.74) is 5.35. The fraction of sp³-hybridized carbons (Fsp3) is 0. The van der Waals surface area contributed by atoms with Gasteiger partial charge in [-0.3, -0.25) is 4.79 Å². The van der Waals surface area contributed by atoms with Crippen LogP contribution < -0.4 is 11.1 Å². The molecule has 1 aromatic heterocycles. The van der Waals surface area contributed by atoms with Crippen LogP contribution in [0.25, 0.3) is 0 Å². The molecule has 0 radical (unpaired) electrons. The molecule has 0 unspecified atom stereocenters. The normalized spacial score (nSPS) is 10.1. The van der Waals surface area contributed by atoms with E-state index in [9.17, 15) is 9.18 Å². The van der Waals surface area contributed by atoms with Crippen molar-refractivity contribution in [2.45, 2.75) is 0 Å². The van der Waals surface area contributed by atoms with Crippen LogP contribution in [0.15, 0.2) is 30.6 Å². The third kappa shape index (κ3) is 2.54. The van der Waals surface area contributed by atoms with Crippen molar-refractivity contribution in [2.75, 3.05) is 11.1 Å². The summed E-state index contributed by atoms with van der Waals surface area (Å²) in [7, 11) is 0. The molecule has 18 heavy (non-hydrogen) atoms. The van der Waals surface area contributed by atoms with Crippen LogP contribution in [0.2, 0.25) is 5.02 Å². The number of amides is 1. The van der Waals surface area contributed by atoms with E-state index in [-0.39, 0.29) is 22.2 Å². The van der Waals surface area contributed by atoms with Crippen molar-refractivity contribution >= 4 is 29.0 Å². The van der Waals surface area contributed by atoms with Gasteiger partial charge in [0.15, 0.2) is 5.82 Å². The lowest BCUT2D eigenvalue weighted by molar-refractivity contribution is 0.102. The second-order valence-corrected chi connectivity index (χ2v) is 3.79. The van der Waals surface area contributed by atoms with E-state index in [1.165, 1.54) is 30.6 Å². The number of nitrogens with one attached hydrogen (secondary N) is 1. The average Bonchev–Trinajstić information content (AvgIpc) is 2.36. The van der Waals surface area contributed by atoms with Gasteiger partial charge in [0.25, 0.3) is 5.91 Å². The minimum absolute atomic E-state index is 0.0221. The maximum Gasteiger partial charge on any atom is 0.275 e. The Morgan fingerprint density at radius 3 is 2.78 bits per heavy atom. The summed E-state index contributed by atoms with van der Waals surface area (Å²) in [6, 6.07) is 4.30. The number of carbonyl (C=O) groups is 1. The predicted octanol–water partition coefficient (Wildman–Crippen LogP) is 2.10. The third-order valence-electron chi connectivity index (χ3n) is 2.10. The van der Waals surface area contributed by atoms with Gasteiger partial charge in [0.1, 0.15) is 11.5 Å². The van der Waals surface area contributed by atoms with Gasteiger partial charge in [0.05, 0.1) is 23.1 Å². The van der Waals surface area contributed by atoms with Crippen LogP contribution in [0.4, 0.5) is 15.9 Å². The first-order valence-electron chi connectivity index (χ1n) is 4.91. The quantitative estimate of drug-likeness (QED) is 0.872. The highest BCUT2D eigenvalue weighted by atomic mass is 35.5. The molecule has 3 N–H and O–H groups in total. The molecule has 1 amide bonds. The number of nitrogens with zero attached hydrogens (tertiary/aromatic N) is 2. The van der Waals surface area contributed by atoms with Gasteiger partial charge in [0.2, 0.25) is 0 Å². The second kappa shape index (κ2) is 4.97. The third-order valence-corrected chi connectivity index (χ3v) is 2.40. The van der Waals surface area contributed by atoms with Crippen LogP contribution in [-0.2, 0) is 0 Å². The fourth-order valence-electron chi connectivity index (χ4n) is 1.24. The van der Waals surface area contributed by atoms with Crippen molar-refractivity contribution in [3.63, 3.8) is 0 Å². The Labute approximate surface area is 107 Å². The predicted molar refractivity (Wildman–Crippen MR) is 65.8 cm³/mol. The highest BCUT2D eigenvalue weighted by molar-refractivity contribution is 6.31. The van der Waals surface area contributed by atoms with E-state index in [4.69, 9.17) is 17.3 Å². The molecule has 1 heterocycles. The Kier molecular flexibility index (Phi) is 3.38. The summed E-state index contributed by atoms with van der Waals surface area (Å²) in [5, 5.41) is 2.27. The SMILES string of the molecule is Nc1cnc(C(=O)Nc2cccc(Cl)c2F)cn1. The summed E-state index contributed by atoms with van der Waals surface area (Å²) in [6.45, 7) is 0. The van der Waals surface area contributed by atoms with E-state index in [1.54, 1.807) is 0 Å². The highest BCUT2D eigenvalue weighted by Gasteiger charge is 2.12. The molecular weight excluding hydrogens is 259 g/mol. The molecule has 7 heteroatoms. The lowest BCUT2D eigenvalue weighted by Gasteiger charge is -2.06. The monoisotopic (exact) mass is 266 g/mol. The molecule has 0 saturated heterocycles. The van der Waals surface area contributed by atoms with Gasteiger partial charge in [-0.15, -0.1) is 0 Å². The van der Waals surface area contributed by atoms with E-state index < -0.39 is 11.7 Å². The average molecular weight is 267 g/mol. The van der Waals surface area contributed by atoms with Crippen LogP contribution in [0.3, 0.4) is 0 Å². The summed E-state index contributed by atoms with van der Waals surface area (Å²) in [4.78, 5) is 19.2. The van der Waals surface area contributed by atoms with Crippen molar-refractivity contribution in [3.8, 4) is 0 Å².